The predicted molar refractivity (Wildman–Crippen MR) is 123 cm³/mol. The summed E-state index contributed by atoms with van der Waals surface area (Å²) in [6.07, 6.45) is 2.99. The van der Waals surface area contributed by atoms with E-state index in [-0.39, 0.29) is 5.91 Å². The van der Waals surface area contributed by atoms with Crippen molar-refractivity contribution in [2.24, 2.45) is 7.05 Å². The van der Waals surface area contributed by atoms with Gasteiger partial charge < -0.3 is 5.32 Å². The van der Waals surface area contributed by atoms with Crippen molar-refractivity contribution >= 4 is 34.2 Å². The Morgan fingerprint density at radius 2 is 1.91 bits per heavy atom. The molecule has 0 fully saturated rings. The van der Waals surface area contributed by atoms with Gasteiger partial charge >= 0.3 is 0 Å². The van der Waals surface area contributed by atoms with E-state index in [0.717, 1.165) is 11.3 Å². The Morgan fingerprint density at radius 3 is 2.66 bits per heavy atom. The summed E-state index contributed by atoms with van der Waals surface area (Å²) in [6.45, 7) is 1.86. The predicted octanol–water partition coefficient (Wildman–Crippen LogP) is 4.43. The van der Waals surface area contributed by atoms with Gasteiger partial charge in [-0.1, -0.05) is 41.9 Å². The third-order valence-electron chi connectivity index (χ3n) is 5.16. The summed E-state index contributed by atoms with van der Waals surface area (Å²) in [6, 6.07) is 16.7. The fourth-order valence-corrected chi connectivity index (χ4v) is 3.88. The van der Waals surface area contributed by atoms with Gasteiger partial charge in [0.2, 0.25) is 0 Å². The van der Waals surface area contributed by atoms with Crippen molar-refractivity contribution in [3.8, 4) is 16.9 Å². The second-order valence-corrected chi connectivity index (χ2v) is 7.72. The van der Waals surface area contributed by atoms with Crippen molar-refractivity contribution < 1.29 is 4.79 Å². The molecule has 3 heterocycles. The molecular weight excluding hydrogens is 426 g/mol. The van der Waals surface area contributed by atoms with E-state index in [4.69, 9.17) is 16.6 Å². The number of rotatable bonds is 4. The van der Waals surface area contributed by atoms with Gasteiger partial charge in [-0.05, 0) is 31.2 Å². The quantitative estimate of drug-likeness (QED) is 0.443. The van der Waals surface area contributed by atoms with Gasteiger partial charge in [-0.25, -0.2) is 14.6 Å². The van der Waals surface area contributed by atoms with Crippen molar-refractivity contribution in [2.45, 2.75) is 6.92 Å². The van der Waals surface area contributed by atoms with Gasteiger partial charge in [0.1, 0.15) is 12.7 Å². The number of benzene rings is 2. The third-order valence-corrected chi connectivity index (χ3v) is 5.39. The smallest absolute Gasteiger partial charge is 0.256 e. The van der Waals surface area contributed by atoms with Gasteiger partial charge in [-0.2, -0.15) is 10.2 Å². The average molecular weight is 444 g/mol. The lowest BCUT2D eigenvalue weighted by molar-refractivity contribution is 0.102. The molecule has 2 aromatic carbocycles. The summed E-state index contributed by atoms with van der Waals surface area (Å²) in [5.74, 6) is -0.297. The van der Waals surface area contributed by atoms with E-state index in [9.17, 15) is 4.79 Å². The van der Waals surface area contributed by atoms with Gasteiger partial charge in [0.25, 0.3) is 5.91 Å². The van der Waals surface area contributed by atoms with Crippen LogP contribution < -0.4 is 5.32 Å². The highest BCUT2D eigenvalue weighted by Crippen LogP contribution is 2.29. The van der Waals surface area contributed by atoms with Gasteiger partial charge in [0, 0.05) is 17.6 Å². The highest BCUT2D eigenvalue weighted by molar-refractivity contribution is 6.31. The Labute approximate surface area is 188 Å². The zero-order valence-corrected chi connectivity index (χ0v) is 18.1. The number of pyridine rings is 1. The summed E-state index contributed by atoms with van der Waals surface area (Å²) >= 11 is 6.22. The monoisotopic (exact) mass is 443 g/mol. The van der Waals surface area contributed by atoms with Crippen LogP contribution in [0.1, 0.15) is 16.1 Å². The Balaban J connectivity index is 1.64. The van der Waals surface area contributed by atoms with Gasteiger partial charge in [-0.3, -0.25) is 9.48 Å². The molecule has 0 atom stereocenters. The maximum absolute atomic E-state index is 13.5. The molecular formula is C23H18ClN7O. The molecule has 0 saturated carbocycles. The lowest BCUT2D eigenvalue weighted by Gasteiger charge is -2.13. The number of hydrogen-bond acceptors (Lipinski definition) is 5. The molecule has 158 valence electrons. The van der Waals surface area contributed by atoms with Crippen molar-refractivity contribution in [2.75, 3.05) is 5.32 Å². The van der Waals surface area contributed by atoms with Gasteiger partial charge in [-0.15, -0.1) is 0 Å². The van der Waals surface area contributed by atoms with Gasteiger partial charge in [0.05, 0.1) is 33.7 Å². The number of anilines is 1. The highest BCUT2D eigenvalue weighted by atomic mass is 35.5. The molecule has 8 nitrogen and oxygen atoms in total. The molecule has 9 heteroatoms. The van der Waals surface area contributed by atoms with Crippen molar-refractivity contribution in [1.82, 2.24) is 29.5 Å². The van der Waals surface area contributed by atoms with E-state index in [1.165, 1.54) is 6.33 Å². The molecule has 5 rings (SSSR count). The molecule has 32 heavy (non-hydrogen) atoms. The van der Waals surface area contributed by atoms with Gasteiger partial charge in [0.15, 0.2) is 5.65 Å². The fourth-order valence-electron chi connectivity index (χ4n) is 3.71. The van der Waals surface area contributed by atoms with E-state index < -0.39 is 0 Å². The minimum atomic E-state index is -0.297. The topological polar surface area (TPSA) is 90.5 Å². The summed E-state index contributed by atoms with van der Waals surface area (Å²) in [7, 11) is 1.82. The highest BCUT2D eigenvalue weighted by Gasteiger charge is 2.20. The number of nitrogens with one attached hydrogen (secondary N) is 1. The molecule has 0 saturated heterocycles. The van der Waals surface area contributed by atoms with Crippen LogP contribution in [0.25, 0.3) is 28.0 Å². The van der Waals surface area contributed by atoms with E-state index in [0.29, 0.717) is 38.7 Å². The molecule has 0 unspecified atom stereocenters. The van der Waals surface area contributed by atoms with Crippen LogP contribution >= 0.6 is 11.6 Å². The Hall–Kier alpha value is -4.04. The number of fused-ring (bicyclic) bond motifs is 1. The number of hydrogen-bond donors (Lipinski definition) is 1. The number of carbonyl (C=O) groups excluding carboxylic acids is 1. The summed E-state index contributed by atoms with van der Waals surface area (Å²) in [5, 5.41) is 12.8. The van der Waals surface area contributed by atoms with E-state index in [2.05, 4.69) is 20.5 Å². The first-order chi connectivity index (χ1) is 15.5. The molecule has 0 aliphatic heterocycles. The third kappa shape index (κ3) is 3.50. The number of nitrogens with zero attached hydrogens (tertiary/aromatic N) is 6. The van der Waals surface area contributed by atoms with Crippen LogP contribution in [0.4, 0.5) is 5.69 Å². The van der Waals surface area contributed by atoms with Crippen LogP contribution in [0.3, 0.4) is 0 Å². The number of halogens is 1. The fraction of sp³-hybridized carbons (Fsp3) is 0.0870. The lowest BCUT2D eigenvalue weighted by Crippen LogP contribution is -2.15. The van der Waals surface area contributed by atoms with Crippen molar-refractivity contribution in [3.05, 3.63) is 83.5 Å². The van der Waals surface area contributed by atoms with E-state index >= 15 is 0 Å². The van der Waals surface area contributed by atoms with Crippen molar-refractivity contribution in [1.29, 1.82) is 0 Å². The maximum Gasteiger partial charge on any atom is 0.256 e. The van der Waals surface area contributed by atoms with Crippen LogP contribution in [0, 0.1) is 6.92 Å². The van der Waals surface area contributed by atoms with Crippen LogP contribution in [0.5, 0.6) is 0 Å². The zero-order valence-electron chi connectivity index (χ0n) is 17.3. The van der Waals surface area contributed by atoms with Crippen LogP contribution in [-0.4, -0.2) is 35.4 Å². The molecule has 0 bridgehead atoms. The first kappa shape index (κ1) is 19.9. The molecule has 0 aliphatic carbocycles. The zero-order chi connectivity index (χ0) is 22.2. The molecule has 0 radical (unpaired) electrons. The Bertz CT molecular complexity index is 1440. The molecule has 1 amide bonds. The number of aromatic nitrogens is 6. The molecule has 5 aromatic rings. The molecule has 0 spiro atoms. The number of carbonyl (C=O) groups is 1. The largest absolute Gasteiger partial charge is 0.320 e. The number of aryl methyl sites for hydroxylation is 2. The standard InChI is InChI=1S/C23H18ClN7O/c1-14-21-17(11-18(15-6-4-3-5-7-15)27-22(21)30(2)29-14)23(32)28-19-10-16(24)8-9-20(19)31-13-25-12-26-31/h3-13H,1-2H3,(H,28,32). The summed E-state index contributed by atoms with van der Waals surface area (Å²) in [4.78, 5) is 22.3. The lowest BCUT2D eigenvalue weighted by atomic mass is 10.0. The normalized spacial score (nSPS) is 11.1. The minimum Gasteiger partial charge on any atom is -0.320 e. The van der Waals surface area contributed by atoms with E-state index in [1.807, 2.05) is 44.3 Å². The summed E-state index contributed by atoms with van der Waals surface area (Å²) in [5.41, 5.74) is 4.60. The average Bonchev–Trinajstić information content (AvgIpc) is 3.42. The van der Waals surface area contributed by atoms with Crippen LogP contribution in [-0.2, 0) is 7.05 Å². The van der Waals surface area contributed by atoms with Crippen LogP contribution in [0.2, 0.25) is 5.02 Å². The molecule has 0 aliphatic rings. The second kappa shape index (κ2) is 7.90. The van der Waals surface area contributed by atoms with Crippen LogP contribution in [0.15, 0.2) is 67.3 Å². The molecule has 3 aromatic heterocycles. The second-order valence-electron chi connectivity index (χ2n) is 7.28. The maximum atomic E-state index is 13.5. The Morgan fingerprint density at radius 1 is 1.09 bits per heavy atom. The Kier molecular flexibility index (Phi) is 4.91. The van der Waals surface area contributed by atoms with Crippen molar-refractivity contribution in [3.63, 3.8) is 0 Å². The number of amides is 1. The SMILES string of the molecule is Cc1nn(C)c2nc(-c3ccccc3)cc(C(=O)Nc3cc(Cl)ccc3-n3cncn3)c12. The summed E-state index contributed by atoms with van der Waals surface area (Å²) < 4.78 is 3.26. The minimum absolute atomic E-state index is 0.297. The first-order valence-corrected chi connectivity index (χ1v) is 10.2. The van der Waals surface area contributed by atoms with E-state index in [1.54, 1.807) is 40.0 Å². The molecule has 1 N–H and O–H groups in total. The first-order valence-electron chi connectivity index (χ1n) is 9.87.